The smallest absolute Gasteiger partial charge is 0.269 e. The standard InChI is InChI=1S/C22H25Br4N3O5.H2O/c1-27-5-3-7-33-12-8-14(23)13(15(24)9-12)4-6-28-21(31)17-11-22(34-29-17)10-16(25)19(32-2)18(26)20(22)30;/h8-10,20,27,30H,3-7,11H2,1-2H3,(H,28,31);1H2/t20-,22+;/m0./s1. The van der Waals surface area contributed by atoms with Crippen LogP contribution in [-0.2, 0) is 20.8 Å². The van der Waals surface area contributed by atoms with Crippen molar-refractivity contribution >= 4 is 75.3 Å². The zero-order valence-corrected chi connectivity index (χ0v) is 25.5. The van der Waals surface area contributed by atoms with Gasteiger partial charge in [0.05, 0.1) is 36.3 Å². The van der Waals surface area contributed by atoms with Gasteiger partial charge in [0.15, 0.2) is 5.60 Å². The molecule has 1 aromatic carbocycles. The largest absolute Gasteiger partial charge is 0.870 e. The van der Waals surface area contributed by atoms with Gasteiger partial charge in [-0.2, -0.15) is 0 Å². The molecule has 194 valence electrons. The number of benzene rings is 1. The number of nitrogens with zero attached hydrogens (tertiary/aromatic N) is 1. The van der Waals surface area contributed by atoms with Crippen molar-refractivity contribution in [2.24, 2.45) is 5.16 Å². The van der Waals surface area contributed by atoms with Crippen LogP contribution in [0.5, 0.6) is 5.75 Å². The molecule has 3 rings (SSSR count). The summed E-state index contributed by atoms with van der Waals surface area (Å²) < 4.78 is 13.9. The van der Waals surface area contributed by atoms with Gasteiger partial charge in [0.1, 0.15) is 23.3 Å². The number of quaternary nitrogens is 1. The fraction of sp³-hybridized carbons (Fsp3) is 0.455. The summed E-state index contributed by atoms with van der Waals surface area (Å²) in [5.41, 5.74) is 0.0537. The molecule has 1 amide bonds. The maximum Gasteiger partial charge on any atom is 0.269 e. The lowest BCUT2D eigenvalue weighted by Crippen LogP contribution is -2.79. The van der Waals surface area contributed by atoms with Crippen molar-refractivity contribution in [3.05, 3.63) is 47.4 Å². The number of nitrogens with two attached hydrogens (primary N) is 1. The summed E-state index contributed by atoms with van der Waals surface area (Å²) in [6, 6.07) is 3.87. The van der Waals surface area contributed by atoms with E-state index in [0.29, 0.717) is 34.3 Å². The second-order valence-corrected chi connectivity index (χ2v) is 11.2. The third kappa shape index (κ3) is 7.08. The number of rotatable bonds is 10. The maximum atomic E-state index is 12.7. The molecule has 35 heavy (non-hydrogen) atoms. The van der Waals surface area contributed by atoms with Crippen molar-refractivity contribution in [3.8, 4) is 5.75 Å². The Balaban J connectivity index is 0.00000432. The average molecular weight is 749 g/mol. The molecule has 0 saturated heterocycles. The number of aliphatic hydroxyl groups is 1. The predicted octanol–water partition coefficient (Wildman–Crippen LogP) is 3.08. The van der Waals surface area contributed by atoms with Gasteiger partial charge in [0.2, 0.25) is 0 Å². The molecule has 0 radical (unpaired) electrons. The Morgan fingerprint density at radius 2 is 2.00 bits per heavy atom. The van der Waals surface area contributed by atoms with Gasteiger partial charge in [0, 0.05) is 28.3 Å². The van der Waals surface area contributed by atoms with Crippen molar-refractivity contribution in [2.45, 2.75) is 31.0 Å². The molecule has 0 fully saturated rings. The molecule has 9 nitrogen and oxygen atoms in total. The predicted molar refractivity (Wildman–Crippen MR) is 145 cm³/mol. The monoisotopic (exact) mass is 745 g/mol. The Bertz CT molecular complexity index is 1010. The zero-order chi connectivity index (χ0) is 24.9. The van der Waals surface area contributed by atoms with E-state index in [2.05, 4.69) is 79.5 Å². The van der Waals surface area contributed by atoms with E-state index in [1.165, 1.54) is 7.11 Å². The Kier molecular flexibility index (Phi) is 11.7. The highest BCUT2D eigenvalue weighted by molar-refractivity contribution is 9.12. The number of aliphatic hydroxyl groups excluding tert-OH is 1. The van der Waals surface area contributed by atoms with Crippen molar-refractivity contribution in [2.75, 3.05) is 33.9 Å². The maximum absolute atomic E-state index is 12.7. The molecule has 0 bridgehead atoms. The molecule has 1 aliphatic heterocycles. The minimum absolute atomic E-state index is 0. The molecule has 0 unspecified atom stereocenters. The third-order valence-electron chi connectivity index (χ3n) is 5.42. The Morgan fingerprint density at radius 3 is 2.63 bits per heavy atom. The number of amides is 1. The van der Waals surface area contributed by atoms with Crippen molar-refractivity contribution in [1.82, 2.24) is 5.32 Å². The molecule has 1 heterocycles. The minimum atomic E-state index is -1.18. The van der Waals surface area contributed by atoms with Crippen LogP contribution >= 0.6 is 63.7 Å². The summed E-state index contributed by atoms with van der Waals surface area (Å²) in [5.74, 6) is 0.908. The SMILES string of the molecule is C[NH2+]CCCOc1cc(Br)c(CCNC(=O)C2=NO[C@]3(C=C(Br)C(OC)=C(Br)[C@@H]3O)C2)c(Br)c1.[OH-]. The molecular weight excluding hydrogens is 722 g/mol. The van der Waals surface area contributed by atoms with Gasteiger partial charge in [-0.25, -0.2) is 0 Å². The quantitative estimate of drug-likeness (QED) is 0.315. The van der Waals surface area contributed by atoms with Crippen molar-refractivity contribution < 1.29 is 35.0 Å². The lowest BCUT2D eigenvalue weighted by Gasteiger charge is -2.33. The van der Waals surface area contributed by atoms with E-state index in [1.807, 2.05) is 19.2 Å². The van der Waals surface area contributed by atoms with E-state index >= 15 is 0 Å². The van der Waals surface area contributed by atoms with E-state index in [1.54, 1.807) is 6.08 Å². The molecule has 0 saturated carbocycles. The average Bonchev–Trinajstić information content (AvgIpc) is 3.22. The van der Waals surface area contributed by atoms with E-state index < -0.39 is 11.7 Å². The first-order valence-corrected chi connectivity index (χ1v) is 13.8. The van der Waals surface area contributed by atoms with Crippen LogP contribution in [0.25, 0.3) is 0 Å². The topological polar surface area (TPSA) is 136 Å². The number of methoxy groups -OCH3 is 1. The number of allylic oxidation sites excluding steroid dienone is 1. The fourth-order valence-electron chi connectivity index (χ4n) is 3.60. The number of carbonyl (C=O) groups is 1. The van der Waals surface area contributed by atoms with Gasteiger partial charge in [-0.05, 0) is 62.1 Å². The molecule has 2 atom stereocenters. The lowest BCUT2D eigenvalue weighted by molar-refractivity contribution is -0.627. The second kappa shape index (κ2) is 13.5. The van der Waals surface area contributed by atoms with E-state index in [4.69, 9.17) is 14.3 Å². The van der Waals surface area contributed by atoms with Gasteiger partial charge in [-0.1, -0.05) is 37.0 Å². The zero-order valence-electron chi connectivity index (χ0n) is 19.1. The number of hydrogen-bond acceptors (Lipinski definition) is 7. The van der Waals surface area contributed by atoms with E-state index in [-0.39, 0.29) is 23.5 Å². The lowest BCUT2D eigenvalue weighted by atomic mass is 9.87. The second-order valence-electron chi connectivity index (χ2n) is 7.81. The molecular formula is C22H27Br4N3O6. The van der Waals surface area contributed by atoms with Crippen LogP contribution in [-0.4, -0.2) is 67.8 Å². The summed E-state index contributed by atoms with van der Waals surface area (Å²) in [6.45, 7) is 2.07. The highest BCUT2D eigenvalue weighted by Crippen LogP contribution is 2.43. The fourth-order valence-corrected chi connectivity index (χ4v) is 6.93. The highest BCUT2D eigenvalue weighted by Gasteiger charge is 2.50. The van der Waals surface area contributed by atoms with Crippen LogP contribution in [0.3, 0.4) is 0 Å². The molecule has 2 aliphatic rings. The summed E-state index contributed by atoms with van der Waals surface area (Å²) in [6.07, 6.45) is 2.29. The number of carbonyl (C=O) groups excluding carboxylic acids is 1. The number of hydrogen-bond donors (Lipinski definition) is 3. The van der Waals surface area contributed by atoms with Gasteiger partial charge in [0.25, 0.3) is 5.91 Å². The summed E-state index contributed by atoms with van der Waals surface area (Å²) >= 11 is 14.0. The number of nitrogens with one attached hydrogen (secondary N) is 1. The van der Waals surface area contributed by atoms with Crippen LogP contribution in [0, 0.1) is 0 Å². The first-order valence-electron chi connectivity index (χ1n) is 10.6. The molecule has 1 aromatic rings. The number of ether oxygens (including phenoxy) is 2. The van der Waals surface area contributed by atoms with Crippen LogP contribution in [0.2, 0.25) is 0 Å². The summed E-state index contributed by atoms with van der Waals surface area (Å²) in [5, 5.41) is 19.7. The normalized spacial score (nSPS) is 21.2. The first-order chi connectivity index (χ1) is 16.2. The Morgan fingerprint density at radius 1 is 1.31 bits per heavy atom. The first kappa shape index (κ1) is 30.3. The Labute approximate surface area is 237 Å². The van der Waals surface area contributed by atoms with Gasteiger partial charge < -0.3 is 35.5 Å². The number of oxime groups is 1. The van der Waals surface area contributed by atoms with E-state index in [0.717, 1.165) is 33.2 Å². The van der Waals surface area contributed by atoms with Crippen LogP contribution < -0.4 is 15.4 Å². The van der Waals surface area contributed by atoms with Crippen LogP contribution in [0.1, 0.15) is 18.4 Å². The van der Waals surface area contributed by atoms with Gasteiger partial charge in [-0.15, -0.1) is 0 Å². The van der Waals surface area contributed by atoms with Crippen molar-refractivity contribution in [1.29, 1.82) is 0 Å². The minimum Gasteiger partial charge on any atom is -0.870 e. The van der Waals surface area contributed by atoms with E-state index in [9.17, 15) is 9.90 Å². The van der Waals surface area contributed by atoms with Gasteiger partial charge in [-0.3, -0.25) is 4.79 Å². The third-order valence-corrected chi connectivity index (χ3v) is 8.22. The van der Waals surface area contributed by atoms with Crippen molar-refractivity contribution in [3.63, 3.8) is 0 Å². The molecule has 5 N–H and O–H groups in total. The van der Waals surface area contributed by atoms with Gasteiger partial charge >= 0.3 is 0 Å². The van der Waals surface area contributed by atoms with Crippen LogP contribution in [0.15, 0.2) is 47.0 Å². The Hall–Kier alpha value is -0.960. The highest BCUT2D eigenvalue weighted by atomic mass is 79.9. The molecule has 0 aromatic heterocycles. The molecule has 13 heteroatoms. The van der Waals surface area contributed by atoms with Crippen LogP contribution in [0.4, 0.5) is 0 Å². The summed E-state index contributed by atoms with van der Waals surface area (Å²) in [7, 11) is 3.54. The summed E-state index contributed by atoms with van der Waals surface area (Å²) in [4.78, 5) is 18.3. The number of halogens is 4. The molecule has 1 aliphatic carbocycles. The molecule has 1 spiro atoms.